The Balaban J connectivity index is 0.00000225. The van der Waals surface area contributed by atoms with E-state index in [4.69, 9.17) is 5.73 Å². The Bertz CT molecular complexity index is 284. The van der Waals surface area contributed by atoms with E-state index in [0.717, 1.165) is 25.7 Å². The van der Waals surface area contributed by atoms with Gasteiger partial charge in [-0.15, -0.1) is 12.4 Å². The second-order valence-electron chi connectivity index (χ2n) is 4.05. The van der Waals surface area contributed by atoms with Gasteiger partial charge < -0.3 is 5.73 Å². The molecule has 1 aliphatic carbocycles. The van der Waals surface area contributed by atoms with Crippen molar-refractivity contribution in [1.82, 2.24) is 9.44 Å². The molecular weight excluding hydrogens is 250 g/mol. The zero-order valence-electron chi connectivity index (χ0n) is 9.61. The average molecular weight is 272 g/mol. The van der Waals surface area contributed by atoms with E-state index in [9.17, 15) is 8.42 Å². The second kappa shape index (κ2) is 7.45. The van der Waals surface area contributed by atoms with Crippen LogP contribution in [0, 0.1) is 5.92 Å². The van der Waals surface area contributed by atoms with Crippen LogP contribution in [-0.4, -0.2) is 27.5 Å². The standard InChI is InChI=1S/C9H21N3O2S.ClH/c1-2-6-11-15(13,14)12-9-5-3-4-8(9)7-10;/h8-9,11-12H,2-7,10H2,1H3;1H. The summed E-state index contributed by atoms with van der Waals surface area (Å²) in [6.45, 7) is 2.97. The van der Waals surface area contributed by atoms with Gasteiger partial charge in [-0.2, -0.15) is 13.1 Å². The number of hydrogen-bond donors (Lipinski definition) is 3. The van der Waals surface area contributed by atoms with Crippen LogP contribution in [0.1, 0.15) is 32.6 Å². The third kappa shape index (κ3) is 4.97. The largest absolute Gasteiger partial charge is 0.330 e. The van der Waals surface area contributed by atoms with Gasteiger partial charge in [0, 0.05) is 12.6 Å². The lowest BCUT2D eigenvalue weighted by Crippen LogP contribution is -2.45. The summed E-state index contributed by atoms with van der Waals surface area (Å²) < 4.78 is 28.3. The molecule has 0 heterocycles. The van der Waals surface area contributed by atoms with Crippen molar-refractivity contribution in [2.24, 2.45) is 11.7 Å². The lowest BCUT2D eigenvalue weighted by atomic mass is 10.1. The molecule has 0 spiro atoms. The van der Waals surface area contributed by atoms with Crippen LogP contribution in [0.4, 0.5) is 0 Å². The first-order valence-corrected chi connectivity index (χ1v) is 7.04. The van der Waals surface area contributed by atoms with Crippen LogP contribution >= 0.6 is 12.4 Å². The number of hydrogen-bond acceptors (Lipinski definition) is 3. The minimum absolute atomic E-state index is 0. The van der Waals surface area contributed by atoms with Gasteiger partial charge in [0.25, 0.3) is 10.2 Å². The number of nitrogens with one attached hydrogen (secondary N) is 2. The molecule has 0 aromatic rings. The minimum atomic E-state index is -3.33. The molecule has 2 atom stereocenters. The van der Waals surface area contributed by atoms with E-state index in [-0.39, 0.29) is 18.4 Å². The predicted octanol–water partition coefficient (Wildman–Crippen LogP) is 0.370. The molecule has 2 unspecified atom stereocenters. The van der Waals surface area contributed by atoms with E-state index in [1.54, 1.807) is 0 Å². The fourth-order valence-electron chi connectivity index (χ4n) is 1.95. The van der Waals surface area contributed by atoms with Gasteiger partial charge in [-0.3, -0.25) is 0 Å². The fraction of sp³-hybridized carbons (Fsp3) is 1.00. The Kier molecular flexibility index (Phi) is 7.50. The number of rotatable bonds is 6. The number of nitrogens with two attached hydrogens (primary N) is 1. The van der Waals surface area contributed by atoms with Crippen molar-refractivity contribution in [3.05, 3.63) is 0 Å². The Morgan fingerprint density at radius 2 is 2.06 bits per heavy atom. The van der Waals surface area contributed by atoms with Crippen LogP contribution in [0.2, 0.25) is 0 Å². The highest BCUT2D eigenvalue weighted by Gasteiger charge is 2.29. The molecule has 7 heteroatoms. The van der Waals surface area contributed by atoms with Gasteiger partial charge in [-0.05, 0) is 31.7 Å². The van der Waals surface area contributed by atoms with Crippen LogP contribution in [-0.2, 0) is 10.2 Å². The Labute approximate surface area is 104 Å². The van der Waals surface area contributed by atoms with E-state index < -0.39 is 10.2 Å². The van der Waals surface area contributed by atoms with Gasteiger partial charge in [0.15, 0.2) is 0 Å². The molecule has 5 nitrogen and oxygen atoms in total. The van der Waals surface area contributed by atoms with Crippen LogP contribution in [0.3, 0.4) is 0 Å². The molecule has 0 radical (unpaired) electrons. The van der Waals surface area contributed by atoms with Gasteiger partial charge in [-0.25, -0.2) is 4.72 Å². The Morgan fingerprint density at radius 1 is 1.38 bits per heavy atom. The molecule has 1 rings (SSSR count). The quantitative estimate of drug-likeness (QED) is 0.653. The van der Waals surface area contributed by atoms with Crippen LogP contribution in [0.25, 0.3) is 0 Å². The molecule has 0 aromatic carbocycles. The van der Waals surface area contributed by atoms with Gasteiger partial charge in [0.05, 0.1) is 0 Å². The van der Waals surface area contributed by atoms with Crippen LogP contribution in [0.5, 0.6) is 0 Å². The van der Waals surface area contributed by atoms with Crippen molar-refractivity contribution >= 4 is 22.6 Å². The van der Waals surface area contributed by atoms with Crippen molar-refractivity contribution in [1.29, 1.82) is 0 Å². The zero-order chi connectivity index (χ0) is 11.3. The van der Waals surface area contributed by atoms with Gasteiger partial charge in [0.2, 0.25) is 0 Å². The number of halogens is 1. The van der Waals surface area contributed by atoms with E-state index >= 15 is 0 Å². The molecule has 16 heavy (non-hydrogen) atoms. The summed E-state index contributed by atoms with van der Waals surface area (Å²) in [6.07, 6.45) is 3.78. The first kappa shape index (κ1) is 16.1. The maximum absolute atomic E-state index is 11.5. The van der Waals surface area contributed by atoms with Crippen molar-refractivity contribution in [2.75, 3.05) is 13.1 Å². The molecule has 4 N–H and O–H groups in total. The summed E-state index contributed by atoms with van der Waals surface area (Å²) in [5.41, 5.74) is 5.59. The maximum atomic E-state index is 11.5. The smallest absolute Gasteiger partial charge is 0.277 e. The molecular formula is C9H22ClN3O2S. The van der Waals surface area contributed by atoms with Crippen molar-refractivity contribution < 1.29 is 8.42 Å². The zero-order valence-corrected chi connectivity index (χ0v) is 11.2. The molecule has 0 aromatic heterocycles. The molecule has 98 valence electrons. The summed E-state index contributed by atoms with van der Waals surface area (Å²) in [5.74, 6) is 0.295. The highest BCUT2D eigenvalue weighted by Crippen LogP contribution is 2.24. The molecule has 0 amide bonds. The monoisotopic (exact) mass is 271 g/mol. The van der Waals surface area contributed by atoms with Gasteiger partial charge in [0.1, 0.15) is 0 Å². The third-order valence-electron chi connectivity index (χ3n) is 2.81. The van der Waals surface area contributed by atoms with Crippen LogP contribution < -0.4 is 15.2 Å². The highest BCUT2D eigenvalue weighted by molar-refractivity contribution is 7.87. The molecule has 1 saturated carbocycles. The van der Waals surface area contributed by atoms with Crippen molar-refractivity contribution in [2.45, 2.75) is 38.6 Å². The summed E-state index contributed by atoms with van der Waals surface area (Å²) in [7, 11) is -3.33. The lowest BCUT2D eigenvalue weighted by Gasteiger charge is -2.19. The van der Waals surface area contributed by atoms with Crippen molar-refractivity contribution in [3.8, 4) is 0 Å². The fourth-order valence-corrected chi connectivity index (χ4v) is 3.22. The predicted molar refractivity (Wildman–Crippen MR) is 67.8 cm³/mol. The molecule has 0 saturated heterocycles. The molecule has 1 aliphatic rings. The van der Waals surface area contributed by atoms with E-state index in [1.807, 2.05) is 6.92 Å². The summed E-state index contributed by atoms with van der Waals surface area (Å²) in [6, 6.07) is 0.0179. The van der Waals surface area contributed by atoms with E-state index in [1.165, 1.54) is 0 Å². The summed E-state index contributed by atoms with van der Waals surface area (Å²) in [5, 5.41) is 0. The second-order valence-corrected chi connectivity index (χ2v) is 5.58. The normalized spacial score (nSPS) is 25.4. The highest BCUT2D eigenvalue weighted by atomic mass is 35.5. The van der Waals surface area contributed by atoms with E-state index in [0.29, 0.717) is 19.0 Å². The average Bonchev–Trinajstić information content (AvgIpc) is 2.61. The summed E-state index contributed by atoms with van der Waals surface area (Å²) in [4.78, 5) is 0. The van der Waals surface area contributed by atoms with E-state index in [2.05, 4.69) is 9.44 Å². The Morgan fingerprint density at radius 3 is 2.62 bits per heavy atom. The van der Waals surface area contributed by atoms with Gasteiger partial charge >= 0.3 is 0 Å². The van der Waals surface area contributed by atoms with Crippen molar-refractivity contribution in [3.63, 3.8) is 0 Å². The lowest BCUT2D eigenvalue weighted by molar-refractivity contribution is 0.449. The van der Waals surface area contributed by atoms with Crippen LogP contribution in [0.15, 0.2) is 0 Å². The Hall–Kier alpha value is 0.120. The maximum Gasteiger partial charge on any atom is 0.277 e. The first-order valence-electron chi connectivity index (χ1n) is 5.56. The van der Waals surface area contributed by atoms with Gasteiger partial charge in [-0.1, -0.05) is 13.3 Å². The minimum Gasteiger partial charge on any atom is -0.330 e. The molecule has 0 aliphatic heterocycles. The summed E-state index contributed by atoms with van der Waals surface area (Å²) >= 11 is 0. The topological polar surface area (TPSA) is 84.2 Å². The molecule has 0 bridgehead atoms. The SMILES string of the molecule is CCCNS(=O)(=O)NC1CCCC1CN.Cl. The molecule has 1 fully saturated rings. The third-order valence-corrected chi connectivity index (χ3v) is 4.01. The first-order chi connectivity index (χ1) is 7.09.